The van der Waals surface area contributed by atoms with Gasteiger partial charge in [-0.2, -0.15) is 0 Å². The Hall–Kier alpha value is -1.33. The van der Waals surface area contributed by atoms with Crippen molar-refractivity contribution in [3.8, 4) is 0 Å². The van der Waals surface area contributed by atoms with Crippen LogP contribution in [0, 0.1) is 17.0 Å². The lowest BCUT2D eigenvalue weighted by Crippen LogP contribution is -2.60. The minimum Gasteiger partial charge on any atom is -0.386 e. The highest BCUT2D eigenvalue weighted by atomic mass is 35.5. The van der Waals surface area contributed by atoms with E-state index in [4.69, 9.17) is 11.6 Å². The van der Waals surface area contributed by atoms with Crippen molar-refractivity contribution >= 4 is 23.0 Å². The molecule has 0 amide bonds. The first kappa shape index (κ1) is 12.1. The molecule has 0 saturated carbocycles. The zero-order valence-corrected chi connectivity index (χ0v) is 10.4. The molecule has 0 bridgehead atoms. The van der Waals surface area contributed by atoms with E-state index in [1.807, 2.05) is 4.90 Å². The van der Waals surface area contributed by atoms with Crippen LogP contribution in [0.3, 0.4) is 0 Å². The quantitative estimate of drug-likeness (QED) is 0.650. The molecule has 2 rings (SSSR count). The largest absolute Gasteiger partial charge is 0.386 e. The summed E-state index contributed by atoms with van der Waals surface area (Å²) in [5.74, 6) is 0. The van der Waals surface area contributed by atoms with Gasteiger partial charge < -0.3 is 10.0 Å². The van der Waals surface area contributed by atoms with Gasteiger partial charge in [-0.05, 0) is 25.5 Å². The first-order valence-corrected chi connectivity index (χ1v) is 5.60. The van der Waals surface area contributed by atoms with Gasteiger partial charge in [0.2, 0.25) is 0 Å². The van der Waals surface area contributed by atoms with Gasteiger partial charge in [0, 0.05) is 24.8 Å². The summed E-state index contributed by atoms with van der Waals surface area (Å²) >= 11 is 5.86. The fourth-order valence-corrected chi connectivity index (χ4v) is 2.31. The highest BCUT2D eigenvalue weighted by Crippen LogP contribution is 2.36. The number of hydrogen-bond acceptors (Lipinski definition) is 4. The molecule has 1 aliphatic rings. The maximum Gasteiger partial charge on any atom is 0.288 e. The molecule has 1 aromatic carbocycles. The molecule has 0 atom stereocenters. The van der Waals surface area contributed by atoms with Crippen molar-refractivity contribution in [2.24, 2.45) is 0 Å². The standard InChI is InChI=1S/C11H13ClN2O3/c1-7-3-10(14(16)17)8(12)4-9(7)13-5-11(2,15)6-13/h3-4,15H,5-6H2,1-2H3. The molecule has 0 unspecified atom stereocenters. The maximum atomic E-state index is 10.7. The third kappa shape index (κ3) is 2.21. The Morgan fingerprint density at radius 1 is 1.53 bits per heavy atom. The van der Waals surface area contributed by atoms with Crippen molar-refractivity contribution in [2.45, 2.75) is 19.4 Å². The first-order valence-electron chi connectivity index (χ1n) is 5.22. The van der Waals surface area contributed by atoms with E-state index in [1.54, 1.807) is 19.9 Å². The Morgan fingerprint density at radius 2 is 2.12 bits per heavy atom. The van der Waals surface area contributed by atoms with E-state index < -0.39 is 10.5 Å². The molecule has 1 heterocycles. The number of benzene rings is 1. The Morgan fingerprint density at radius 3 is 2.59 bits per heavy atom. The molecular formula is C11H13ClN2O3. The van der Waals surface area contributed by atoms with Crippen LogP contribution < -0.4 is 4.90 Å². The van der Waals surface area contributed by atoms with E-state index in [-0.39, 0.29) is 10.7 Å². The van der Waals surface area contributed by atoms with Gasteiger partial charge in [0.25, 0.3) is 5.69 Å². The second kappa shape index (κ2) is 3.85. The molecule has 0 spiro atoms. The SMILES string of the molecule is Cc1cc([N+](=O)[O-])c(Cl)cc1N1CC(C)(O)C1. The molecule has 0 radical (unpaired) electrons. The van der Waals surface area contributed by atoms with Crippen LogP contribution in [0.15, 0.2) is 12.1 Å². The minimum absolute atomic E-state index is 0.0831. The number of nitrogens with zero attached hydrogens (tertiary/aromatic N) is 2. The van der Waals surface area contributed by atoms with Crippen LogP contribution in [0.2, 0.25) is 5.02 Å². The first-order chi connectivity index (χ1) is 7.80. The van der Waals surface area contributed by atoms with Crippen molar-refractivity contribution in [3.05, 3.63) is 32.8 Å². The van der Waals surface area contributed by atoms with Crippen LogP contribution in [0.1, 0.15) is 12.5 Å². The molecule has 1 fully saturated rings. The van der Waals surface area contributed by atoms with E-state index in [9.17, 15) is 15.2 Å². The van der Waals surface area contributed by atoms with E-state index in [2.05, 4.69) is 0 Å². The number of anilines is 1. The van der Waals surface area contributed by atoms with Gasteiger partial charge in [-0.1, -0.05) is 11.6 Å². The summed E-state index contributed by atoms with van der Waals surface area (Å²) in [5.41, 5.74) is 0.865. The Kier molecular flexibility index (Phi) is 2.75. The number of β-amino-alcohol motifs (C(OH)–C–C–N with tert-alkyl or cyclic N) is 1. The maximum absolute atomic E-state index is 10.7. The fourth-order valence-electron chi connectivity index (χ4n) is 2.08. The van der Waals surface area contributed by atoms with Gasteiger partial charge in [-0.15, -0.1) is 0 Å². The molecule has 1 saturated heterocycles. The highest BCUT2D eigenvalue weighted by molar-refractivity contribution is 6.33. The summed E-state index contributed by atoms with van der Waals surface area (Å²) in [4.78, 5) is 12.2. The molecular weight excluding hydrogens is 244 g/mol. The van der Waals surface area contributed by atoms with E-state index in [0.29, 0.717) is 13.1 Å². The van der Waals surface area contributed by atoms with Crippen LogP contribution in [-0.2, 0) is 0 Å². The van der Waals surface area contributed by atoms with Gasteiger partial charge in [0.05, 0.1) is 10.5 Å². The average molecular weight is 257 g/mol. The molecule has 5 nitrogen and oxygen atoms in total. The van der Waals surface area contributed by atoms with Crippen LogP contribution in [0.4, 0.5) is 11.4 Å². The Bertz CT molecular complexity index is 480. The van der Waals surface area contributed by atoms with Crippen molar-refractivity contribution in [1.29, 1.82) is 0 Å². The zero-order chi connectivity index (χ0) is 12.8. The fraction of sp³-hybridized carbons (Fsp3) is 0.455. The Labute approximate surface area is 104 Å². The van der Waals surface area contributed by atoms with E-state index in [0.717, 1.165) is 11.3 Å². The van der Waals surface area contributed by atoms with Crippen molar-refractivity contribution < 1.29 is 10.0 Å². The number of aryl methyl sites for hydroxylation is 1. The molecule has 1 aromatic rings. The topological polar surface area (TPSA) is 66.6 Å². The van der Waals surface area contributed by atoms with Gasteiger partial charge in [0.1, 0.15) is 5.02 Å². The monoisotopic (exact) mass is 256 g/mol. The number of nitro groups is 1. The Balaban J connectivity index is 2.32. The number of aliphatic hydroxyl groups is 1. The van der Waals surface area contributed by atoms with Gasteiger partial charge in [-0.3, -0.25) is 10.1 Å². The number of rotatable bonds is 2. The van der Waals surface area contributed by atoms with Gasteiger partial charge in [0.15, 0.2) is 0 Å². The van der Waals surface area contributed by atoms with Crippen LogP contribution >= 0.6 is 11.6 Å². The van der Waals surface area contributed by atoms with Crippen LogP contribution in [0.5, 0.6) is 0 Å². The number of hydrogen-bond donors (Lipinski definition) is 1. The lowest BCUT2D eigenvalue weighted by molar-refractivity contribution is -0.384. The second-order valence-corrected chi connectivity index (χ2v) is 5.11. The molecule has 1 N–H and O–H groups in total. The summed E-state index contributed by atoms with van der Waals surface area (Å²) in [6.07, 6.45) is 0. The molecule has 1 aliphatic heterocycles. The summed E-state index contributed by atoms with van der Waals surface area (Å²) < 4.78 is 0. The summed E-state index contributed by atoms with van der Waals surface area (Å²) in [5, 5.41) is 20.5. The van der Waals surface area contributed by atoms with Crippen LogP contribution in [0.25, 0.3) is 0 Å². The second-order valence-electron chi connectivity index (χ2n) is 4.70. The summed E-state index contributed by atoms with van der Waals surface area (Å²) in [7, 11) is 0. The lowest BCUT2D eigenvalue weighted by Gasteiger charge is -2.46. The van der Waals surface area contributed by atoms with Crippen molar-refractivity contribution in [2.75, 3.05) is 18.0 Å². The summed E-state index contributed by atoms with van der Waals surface area (Å²) in [6.45, 7) is 4.58. The molecule has 0 aromatic heterocycles. The molecule has 6 heteroatoms. The third-order valence-electron chi connectivity index (χ3n) is 2.87. The van der Waals surface area contributed by atoms with Crippen LogP contribution in [-0.4, -0.2) is 28.7 Å². The lowest BCUT2D eigenvalue weighted by atomic mass is 9.95. The third-order valence-corrected chi connectivity index (χ3v) is 3.17. The van der Waals surface area contributed by atoms with E-state index >= 15 is 0 Å². The highest BCUT2D eigenvalue weighted by Gasteiger charge is 2.37. The molecule has 0 aliphatic carbocycles. The van der Waals surface area contributed by atoms with Crippen molar-refractivity contribution in [3.63, 3.8) is 0 Å². The average Bonchev–Trinajstić information content (AvgIpc) is 2.17. The molecule has 17 heavy (non-hydrogen) atoms. The summed E-state index contributed by atoms with van der Waals surface area (Å²) in [6, 6.07) is 3.05. The van der Waals surface area contributed by atoms with Crippen molar-refractivity contribution in [1.82, 2.24) is 0 Å². The zero-order valence-electron chi connectivity index (χ0n) is 9.61. The number of halogens is 1. The predicted molar refractivity (Wildman–Crippen MR) is 65.7 cm³/mol. The van der Waals surface area contributed by atoms with E-state index in [1.165, 1.54) is 6.07 Å². The smallest absolute Gasteiger partial charge is 0.288 e. The molecule has 92 valence electrons. The predicted octanol–water partition coefficient (Wildman–Crippen LogP) is 2.13. The minimum atomic E-state index is -0.680. The normalized spacial score (nSPS) is 17.8. The van der Waals surface area contributed by atoms with Gasteiger partial charge >= 0.3 is 0 Å². The van der Waals surface area contributed by atoms with Gasteiger partial charge in [-0.25, -0.2) is 0 Å². The number of nitro benzene ring substituents is 1.